The molecule has 0 bridgehead atoms. The van der Waals surface area contributed by atoms with Crippen LogP contribution in [0.4, 0.5) is 4.39 Å². The summed E-state index contributed by atoms with van der Waals surface area (Å²) in [5.74, 6) is -0.484. The predicted octanol–water partition coefficient (Wildman–Crippen LogP) is 2.44. The maximum atomic E-state index is 13.2. The van der Waals surface area contributed by atoms with Crippen LogP contribution in [0.5, 0.6) is 0 Å². The van der Waals surface area contributed by atoms with Crippen molar-refractivity contribution in [2.75, 3.05) is 6.54 Å². The second-order valence-corrected chi connectivity index (χ2v) is 4.79. The van der Waals surface area contributed by atoms with Crippen LogP contribution in [0.2, 0.25) is 5.02 Å². The summed E-state index contributed by atoms with van der Waals surface area (Å²) in [6.45, 7) is 4.86. The Bertz CT molecular complexity index is 685. The quantitative estimate of drug-likeness (QED) is 0.942. The largest absolute Gasteiger partial charge is 0.311 e. The number of benzene rings is 1. The van der Waals surface area contributed by atoms with E-state index in [0.717, 1.165) is 6.54 Å². The van der Waals surface area contributed by atoms with Gasteiger partial charge in [0, 0.05) is 18.3 Å². The lowest BCUT2D eigenvalue weighted by molar-refractivity contribution is 0.626. The van der Waals surface area contributed by atoms with E-state index in [2.05, 4.69) is 10.4 Å². The first kappa shape index (κ1) is 14.7. The van der Waals surface area contributed by atoms with Crippen molar-refractivity contribution >= 4 is 11.6 Å². The van der Waals surface area contributed by atoms with Gasteiger partial charge >= 0.3 is 0 Å². The average molecular weight is 296 g/mol. The van der Waals surface area contributed by atoms with E-state index in [1.165, 1.54) is 18.2 Å². The molecule has 0 aliphatic carbocycles. The number of nitrogens with one attached hydrogen (secondary N) is 1. The van der Waals surface area contributed by atoms with Crippen LogP contribution in [-0.2, 0) is 6.54 Å². The zero-order valence-electron chi connectivity index (χ0n) is 11.3. The molecule has 0 aliphatic rings. The predicted molar refractivity (Wildman–Crippen MR) is 76.9 cm³/mol. The molecule has 2 rings (SSSR count). The maximum absolute atomic E-state index is 13.2. The molecule has 0 aliphatic heterocycles. The van der Waals surface area contributed by atoms with Gasteiger partial charge in [0.2, 0.25) is 5.43 Å². The molecule has 106 valence electrons. The van der Waals surface area contributed by atoms with Crippen LogP contribution in [0, 0.1) is 12.7 Å². The number of aromatic nitrogens is 2. The highest BCUT2D eigenvalue weighted by atomic mass is 35.5. The lowest BCUT2D eigenvalue weighted by atomic mass is 10.2. The van der Waals surface area contributed by atoms with Gasteiger partial charge in [-0.25, -0.2) is 9.07 Å². The molecule has 6 heteroatoms. The molecule has 1 heterocycles. The first-order chi connectivity index (χ1) is 9.52. The summed E-state index contributed by atoms with van der Waals surface area (Å²) < 4.78 is 14.8. The summed E-state index contributed by atoms with van der Waals surface area (Å²) in [6, 6.07) is 5.85. The fourth-order valence-electron chi connectivity index (χ4n) is 1.83. The molecule has 20 heavy (non-hydrogen) atoms. The van der Waals surface area contributed by atoms with Gasteiger partial charge in [-0.2, -0.15) is 5.10 Å². The van der Waals surface area contributed by atoms with Crippen LogP contribution < -0.4 is 10.7 Å². The Morgan fingerprint density at radius 3 is 2.80 bits per heavy atom. The Hall–Kier alpha value is -1.72. The van der Waals surface area contributed by atoms with Gasteiger partial charge in [-0.05, 0) is 31.7 Å². The lowest BCUT2D eigenvalue weighted by Crippen LogP contribution is -2.24. The van der Waals surface area contributed by atoms with Gasteiger partial charge in [-0.1, -0.05) is 18.5 Å². The summed E-state index contributed by atoms with van der Waals surface area (Å²) in [5, 5.41) is 7.40. The van der Waals surface area contributed by atoms with E-state index >= 15 is 0 Å². The molecule has 1 aromatic carbocycles. The SMILES string of the molecule is CCNCc1nn(-c2ccc(F)c(Cl)c2)c(C)cc1=O. The van der Waals surface area contributed by atoms with Crippen molar-refractivity contribution in [3.05, 3.63) is 56.7 Å². The van der Waals surface area contributed by atoms with E-state index in [0.29, 0.717) is 23.6 Å². The van der Waals surface area contributed by atoms with E-state index in [-0.39, 0.29) is 10.5 Å². The monoisotopic (exact) mass is 295 g/mol. The Morgan fingerprint density at radius 1 is 1.40 bits per heavy atom. The number of hydrogen-bond acceptors (Lipinski definition) is 3. The molecule has 4 nitrogen and oxygen atoms in total. The van der Waals surface area contributed by atoms with Gasteiger partial charge in [0.25, 0.3) is 0 Å². The van der Waals surface area contributed by atoms with Crippen LogP contribution in [-0.4, -0.2) is 16.3 Å². The molecule has 0 fully saturated rings. The van der Waals surface area contributed by atoms with Gasteiger partial charge in [0.15, 0.2) is 0 Å². The second-order valence-electron chi connectivity index (χ2n) is 4.39. The molecule has 2 aromatic rings. The van der Waals surface area contributed by atoms with Crippen LogP contribution >= 0.6 is 11.6 Å². The van der Waals surface area contributed by atoms with Crippen LogP contribution in [0.3, 0.4) is 0 Å². The Labute approximate surface area is 121 Å². The number of nitrogens with zero attached hydrogens (tertiary/aromatic N) is 2. The third kappa shape index (κ3) is 3.05. The fraction of sp³-hybridized carbons (Fsp3) is 0.286. The summed E-state index contributed by atoms with van der Waals surface area (Å²) in [4.78, 5) is 11.8. The summed E-state index contributed by atoms with van der Waals surface area (Å²) in [5.41, 5.74) is 1.58. The van der Waals surface area contributed by atoms with E-state index in [1.807, 2.05) is 6.92 Å². The van der Waals surface area contributed by atoms with Gasteiger partial charge < -0.3 is 5.32 Å². The minimum absolute atomic E-state index is 0.0237. The molecular weight excluding hydrogens is 281 g/mol. The number of aryl methyl sites for hydroxylation is 1. The number of hydrogen-bond donors (Lipinski definition) is 1. The van der Waals surface area contributed by atoms with Crippen LogP contribution in [0.15, 0.2) is 29.1 Å². The molecule has 0 saturated carbocycles. The first-order valence-corrected chi connectivity index (χ1v) is 6.66. The van der Waals surface area contributed by atoms with Crippen molar-refractivity contribution in [3.63, 3.8) is 0 Å². The molecule has 0 radical (unpaired) electrons. The Balaban J connectivity index is 2.49. The summed E-state index contributed by atoms with van der Waals surface area (Å²) >= 11 is 5.78. The van der Waals surface area contributed by atoms with Crippen molar-refractivity contribution < 1.29 is 4.39 Å². The summed E-state index contributed by atoms with van der Waals surface area (Å²) in [6.07, 6.45) is 0. The highest BCUT2D eigenvalue weighted by molar-refractivity contribution is 6.30. The van der Waals surface area contributed by atoms with E-state index in [1.54, 1.807) is 17.7 Å². The lowest BCUT2D eigenvalue weighted by Gasteiger charge is -2.12. The molecule has 0 atom stereocenters. The smallest absolute Gasteiger partial charge is 0.204 e. The van der Waals surface area contributed by atoms with E-state index < -0.39 is 5.82 Å². The third-order valence-electron chi connectivity index (χ3n) is 2.87. The highest BCUT2D eigenvalue weighted by Crippen LogP contribution is 2.19. The zero-order valence-corrected chi connectivity index (χ0v) is 12.0. The van der Waals surface area contributed by atoms with E-state index in [4.69, 9.17) is 11.6 Å². The normalized spacial score (nSPS) is 10.8. The third-order valence-corrected chi connectivity index (χ3v) is 3.16. The van der Waals surface area contributed by atoms with Crippen molar-refractivity contribution in [2.24, 2.45) is 0 Å². The molecule has 0 spiro atoms. The topological polar surface area (TPSA) is 46.9 Å². The molecule has 0 saturated heterocycles. The van der Waals surface area contributed by atoms with Gasteiger partial charge in [0.05, 0.1) is 10.7 Å². The maximum Gasteiger partial charge on any atom is 0.204 e. The van der Waals surface area contributed by atoms with Gasteiger partial charge in [0.1, 0.15) is 11.5 Å². The minimum Gasteiger partial charge on any atom is -0.311 e. The first-order valence-electron chi connectivity index (χ1n) is 6.29. The number of halogens is 2. The average Bonchev–Trinajstić information content (AvgIpc) is 2.41. The molecular formula is C14H15ClFN3O. The molecule has 1 N–H and O–H groups in total. The Kier molecular flexibility index (Phi) is 4.52. The van der Waals surface area contributed by atoms with Crippen molar-refractivity contribution in [2.45, 2.75) is 20.4 Å². The van der Waals surface area contributed by atoms with Crippen LogP contribution in [0.25, 0.3) is 5.69 Å². The molecule has 0 unspecified atom stereocenters. The molecule has 0 amide bonds. The van der Waals surface area contributed by atoms with Crippen molar-refractivity contribution in [3.8, 4) is 5.69 Å². The zero-order chi connectivity index (χ0) is 14.7. The fourth-order valence-corrected chi connectivity index (χ4v) is 2.00. The number of rotatable bonds is 4. The molecule has 1 aromatic heterocycles. The summed E-state index contributed by atoms with van der Waals surface area (Å²) in [7, 11) is 0. The van der Waals surface area contributed by atoms with Crippen LogP contribution in [0.1, 0.15) is 18.3 Å². The van der Waals surface area contributed by atoms with E-state index in [9.17, 15) is 9.18 Å². The standard InChI is InChI=1S/C14H15ClFN3O/c1-3-17-8-13-14(20)6-9(2)19(18-13)10-4-5-12(16)11(15)7-10/h4-7,17H,3,8H2,1-2H3. The van der Waals surface area contributed by atoms with Crippen molar-refractivity contribution in [1.29, 1.82) is 0 Å². The second kappa shape index (κ2) is 6.15. The van der Waals surface area contributed by atoms with Gasteiger partial charge in [-0.15, -0.1) is 0 Å². The van der Waals surface area contributed by atoms with Gasteiger partial charge in [-0.3, -0.25) is 4.79 Å². The van der Waals surface area contributed by atoms with Crippen molar-refractivity contribution in [1.82, 2.24) is 15.1 Å². The highest BCUT2D eigenvalue weighted by Gasteiger charge is 2.09. The minimum atomic E-state index is -0.484. The Morgan fingerprint density at radius 2 is 2.15 bits per heavy atom.